The molecule has 4 nitrogen and oxygen atoms in total. The lowest BCUT2D eigenvalue weighted by Gasteiger charge is -2.08. The summed E-state index contributed by atoms with van der Waals surface area (Å²) in [6.07, 6.45) is 3.60. The van der Waals surface area contributed by atoms with Gasteiger partial charge in [0.25, 0.3) is 0 Å². The average Bonchev–Trinajstić information content (AvgIpc) is 3.02. The van der Waals surface area contributed by atoms with Gasteiger partial charge >= 0.3 is 7.12 Å². The topological polar surface area (TPSA) is 66.2 Å². The lowest BCUT2D eigenvalue weighted by atomic mass is 9.79. The quantitative estimate of drug-likeness (QED) is 0.164. The summed E-state index contributed by atoms with van der Waals surface area (Å²) < 4.78 is 0. The Labute approximate surface area is 253 Å². The number of halogens is 1. The van der Waals surface area contributed by atoms with Gasteiger partial charge in [-0.25, -0.2) is 4.98 Å². The number of rotatable bonds is 4. The van der Waals surface area contributed by atoms with E-state index in [1.807, 2.05) is 48.7 Å². The highest BCUT2D eigenvalue weighted by Crippen LogP contribution is 2.27. The van der Waals surface area contributed by atoms with E-state index in [-0.39, 0.29) is 0 Å². The van der Waals surface area contributed by atoms with Crippen LogP contribution in [0.3, 0.4) is 0 Å². The molecule has 0 aliphatic rings. The summed E-state index contributed by atoms with van der Waals surface area (Å²) in [7, 11) is -1.36. The second-order valence-corrected chi connectivity index (χ2v) is 11.0. The Morgan fingerprint density at radius 2 is 1.05 bits per heavy atom. The highest BCUT2D eigenvalue weighted by Gasteiger charge is 2.10. The molecule has 0 atom stereocenters. The predicted octanol–water partition coefficient (Wildman–Crippen LogP) is 8.40. The van der Waals surface area contributed by atoms with Crippen LogP contribution in [0.15, 0.2) is 122 Å². The Kier molecular flexibility index (Phi) is 10.9. The second kappa shape index (κ2) is 14.7. The third-order valence-corrected chi connectivity index (χ3v) is 7.35. The molecule has 0 saturated heterocycles. The van der Waals surface area contributed by atoms with E-state index in [9.17, 15) is 0 Å². The number of pyridine rings is 2. The van der Waals surface area contributed by atoms with Gasteiger partial charge in [0.2, 0.25) is 0 Å². The van der Waals surface area contributed by atoms with Crippen LogP contribution in [0.4, 0.5) is 0 Å². The predicted molar refractivity (Wildman–Crippen MR) is 178 cm³/mol. The van der Waals surface area contributed by atoms with Gasteiger partial charge in [-0.05, 0) is 51.3 Å². The Morgan fingerprint density at radius 1 is 0.571 bits per heavy atom. The summed E-state index contributed by atoms with van der Waals surface area (Å²) in [5, 5.41) is 22.8. The van der Waals surface area contributed by atoms with Gasteiger partial charge in [0.1, 0.15) is 5.15 Å². The van der Waals surface area contributed by atoms with Crippen molar-refractivity contribution in [1.82, 2.24) is 9.97 Å². The van der Waals surface area contributed by atoms with Crippen molar-refractivity contribution < 1.29 is 10.0 Å². The van der Waals surface area contributed by atoms with Crippen LogP contribution in [0.1, 0.15) is 50.7 Å². The Bertz CT molecular complexity index is 1680. The van der Waals surface area contributed by atoms with Crippen LogP contribution >= 0.6 is 11.6 Å². The van der Waals surface area contributed by atoms with Crippen molar-refractivity contribution in [3.63, 3.8) is 0 Å². The molecule has 2 heterocycles. The third-order valence-electron chi connectivity index (χ3n) is 7.05. The van der Waals surface area contributed by atoms with Gasteiger partial charge in [0.05, 0.1) is 5.69 Å². The van der Waals surface area contributed by atoms with E-state index in [4.69, 9.17) is 21.6 Å². The normalized spacial score (nSPS) is 10.7. The van der Waals surface area contributed by atoms with Crippen LogP contribution in [0.5, 0.6) is 0 Å². The smallest absolute Gasteiger partial charge is 0.423 e. The fraction of sp³-hybridized carbons (Fsp3) is 0.167. The molecule has 4 aromatic carbocycles. The number of aromatic nitrogens is 2. The zero-order valence-electron chi connectivity index (χ0n) is 24.4. The minimum absolute atomic E-state index is 0.481. The van der Waals surface area contributed by atoms with Crippen molar-refractivity contribution in [2.75, 3.05) is 0 Å². The van der Waals surface area contributed by atoms with Gasteiger partial charge in [-0.1, -0.05) is 136 Å². The van der Waals surface area contributed by atoms with Crippen LogP contribution in [0.2, 0.25) is 5.15 Å². The molecule has 2 N–H and O–H groups in total. The maximum absolute atomic E-state index is 8.81. The molecular weight excluding hydrogens is 539 g/mol. The van der Waals surface area contributed by atoms with Crippen LogP contribution in [0.25, 0.3) is 32.8 Å². The van der Waals surface area contributed by atoms with Gasteiger partial charge in [-0.15, -0.1) is 0 Å². The highest BCUT2D eigenvalue weighted by molar-refractivity contribution is 6.58. The van der Waals surface area contributed by atoms with Crippen LogP contribution in [-0.4, -0.2) is 27.1 Å². The monoisotopic (exact) mass is 574 g/mol. The van der Waals surface area contributed by atoms with E-state index in [1.165, 1.54) is 27.5 Å². The van der Waals surface area contributed by atoms with Gasteiger partial charge in [0.15, 0.2) is 0 Å². The van der Waals surface area contributed by atoms with Crippen molar-refractivity contribution in [3.8, 4) is 11.3 Å². The van der Waals surface area contributed by atoms with E-state index in [0.29, 0.717) is 22.5 Å². The maximum Gasteiger partial charge on any atom is 0.488 e. The molecule has 0 fully saturated rings. The summed E-state index contributed by atoms with van der Waals surface area (Å²) >= 11 is 5.85. The summed E-state index contributed by atoms with van der Waals surface area (Å²) in [6.45, 7) is 8.63. The van der Waals surface area contributed by atoms with E-state index in [2.05, 4.69) is 92.3 Å². The van der Waals surface area contributed by atoms with Crippen molar-refractivity contribution >= 4 is 45.7 Å². The number of hydrogen-bond acceptors (Lipinski definition) is 4. The molecule has 212 valence electrons. The first-order valence-electron chi connectivity index (χ1n) is 14.1. The zero-order valence-corrected chi connectivity index (χ0v) is 25.2. The van der Waals surface area contributed by atoms with E-state index in [1.54, 1.807) is 18.3 Å². The Hall–Kier alpha value is -4.03. The first-order valence-corrected chi connectivity index (χ1v) is 14.5. The molecule has 6 aromatic rings. The third kappa shape index (κ3) is 8.04. The van der Waals surface area contributed by atoms with Crippen LogP contribution in [-0.2, 0) is 0 Å². The van der Waals surface area contributed by atoms with Crippen molar-refractivity contribution in [3.05, 3.63) is 138 Å². The first-order chi connectivity index (χ1) is 20.2. The number of fused-ring (bicyclic) bond motifs is 2. The Morgan fingerprint density at radius 3 is 1.57 bits per heavy atom. The number of nitrogens with zero attached hydrogens (tertiary/aromatic N) is 2. The highest BCUT2D eigenvalue weighted by atomic mass is 35.5. The molecule has 6 heteroatoms. The van der Waals surface area contributed by atoms with Crippen molar-refractivity contribution in [2.45, 2.75) is 39.5 Å². The second-order valence-electron chi connectivity index (χ2n) is 10.7. The molecule has 6 rings (SSSR count). The first kappa shape index (κ1) is 30.9. The SMILES string of the molecule is CC(C)c1ccc(-c2nccc3ccccc23)cc1.CC(C)c1ccc(B(O)O)cc1.Clc1nccc2ccccc12. The van der Waals surface area contributed by atoms with Crippen LogP contribution < -0.4 is 5.46 Å². The minimum Gasteiger partial charge on any atom is -0.423 e. The molecule has 2 aromatic heterocycles. The van der Waals surface area contributed by atoms with Gasteiger partial charge < -0.3 is 10.0 Å². The molecule has 0 bridgehead atoms. The molecule has 0 saturated carbocycles. The summed E-state index contributed by atoms with van der Waals surface area (Å²) in [5.41, 5.74) is 5.36. The molecule has 0 amide bonds. The minimum atomic E-state index is -1.36. The zero-order chi connectivity index (χ0) is 30.1. The lowest BCUT2D eigenvalue weighted by Crippen LogP contribution is -2.29. The summed E-state index contributed by atoms with van der Waals surface area (Å²) in [4.78, 5) is 8.52. The van der Waals surface area contributed by atoms with Gasteiger partial charge in [-0.3, -0.25) is 4.98 Å². The molecule has 0 aliphatic heterocycles. The molecule has 0 unspecified atom stereocenters. The Balaban J connectivity index is 0.000000153. The van der Waals surface area contributed by atoms with Gasteiger partial charge in [-0.2, -0.15) is 0 Å². The largest absolute Gasteiger partial charge is 0.488 e. The molecule has 0 radical (unpaired) electrons. The fourth-order valence-electron chi connectivity index (χ4n) is 4.51. The van der Waals surface area contributed by atoms with Crippen molar-refractivity contribution in [2.24, 2.45) is 0 Å². The standard InChI is InChI=1S/C18H17N.C9H13BO2.C9H6ClN/c1-13(2)14-7-9-16(10-8-14)18-17-6-4-3-5-15(17)11-12-19-18;1-7(2)8-3-5-9(6-4-8)10(11)12;10-9-8-4-2-1-3-7(8)5-6-11-9/h3-13H,1-2H3;3-7,11-12H,1-2H3;1-6H. The lowest BCUT2D eigenvalue weighted by molar-refractivity contribution is 0.426. The van der Waals surface area contributed by atoms with Crippen molar-refractivity contribution in [1.29, 1.82) is 0 Å². The van der Waals surface area contributed by atoms with E-state index in [0.717, 1.165) is 16.5 Å². The molecule has 42 heavy (non-hydrogen) atoms. The van der Waals surface area contributed by atoms with Gasteiger partial charge in [0, 0.05) is 28.7 Å². The van der Waals surface area contributed by atoms with Crippen LogP contribution in [0, 0.1) is 0 Å². The molecular formula is C36H36BClN2O2. The summed E-state index contributed by atoms with van der Waals surface area (Å²) in [6, 6.07) is 36.4. The number of benzene rings is 4. The van der Waals surface area contributed by atoms with E-state index >= 15 is 0 Å². The summed E-state index contributed by atoms with van der Waals surface area (Å²) in [5.74, 6) is 1.05. The molecule has 0 spiro atoms. The fourth-order valence-corrected chi connectivity index (χ4v) is 4.74. The molecule has 0 aliphatic carbocycles. The number of hydrogen-bond donors (Lipinski definition) is 2. The average molecular weight is 575 g/mol. The maximum atomic E-state index is 8.81. The van der Waals surface area contributed by atoms with E-state index < -0.39 is 7.12 Å².